The summed E-state index contributed by atoms with van der Waals surface area (Å²) < 4.78 is 0. The molecule has 2 N–H and O–H groups in total. The van der Waals surface area contributed by atoms with Gasteiger partial charge in [0, 0.05) is 10.9 Å². The van der Waals surface area contributed by atoms with Crippen molar-refractivity contribution in [2.24, 2.45) is 0 Å². The minimum Gasteiger partial charge on any atom is -0.506 e. The van der Waals surface area contributed by atoms with Gasteiger partial charge in [-0.3, -0.25) is 0 Å². The minimum atomic E-state index is 0.199. The van der Waals surface area contributed by atoms with Crippen LogP contribution in [0.15, 0.2) is 54.2 Å². The molecule has 4 nitrogen and oxygen atoms in total. The molecule has 4 rings (SSSR count). The van der Waals surface area contributed by atoms with E-state index in [2.05, 4.69) is 58.8 Å². The first-order chi connectivity index (χ1) is 13.0. The Bertz CT molecular complexity index is 1100. The molecule has 4 aromatic rings. The van der Waals surface area contributed by atoms with E-state index in [1.54, 1.807) is 23.7 Å². The molecule has 2 heterocycles. The molecule has 0 aliphatic carbocycles. The van der Waals surface area contributed by atoms with Gasteiger partial charge in [0.25, 0.3) is 0 Å². The monoisotopic (exact) mass is 375 g/mol. The quantitative estimate of drug-likeness (QED) is 0.415. The molecule has 27 heavy (non-hydrogen) atoms. The number of hydrogen-bond acceptors (Lipinski definition) is 5. The smallest absolute Gasteiger partial charge is 0.143 e. The molecule has 0 aliphatic rings. The van der Waals surface area contributed by atoms with Crippen molar-refractivity contribution in [1.82, 2.24) is 9.97 Å². The highest BCUT2D eigenvalue weighted by molar-refractivity contribution is 7.17. The van der Waals surface area contributed by atoms with Crippen molar-refractivity contribution in [2.75, 3.05) is 5.32 Å². The van der Waals surface area contributed by atoms with E-state index in [4.69, 9.17) is 0 Å². The number of phenolic OH excluding ortho intramolecular Hbond substituents is 1. The number of thiophene rings is 1. The molecule has 2 aromatic carbocycles. The van der Waals surface area contributed by atoms with Crippen LogP contribution in [0.2, 0.25) is 0 Å². The lowest BCUT2D eigenvalue weighted by Crippen LogP contribution is -1.96. The van der Waals surface area contributed by atoms with E-state index in [0.717, 1.165) is 26.9 Å². The summed E-state index contributed by atoms with van der Waals surface area (Å²) in [7, 11) is 0. The second-order valence-electron chi connectivity index (χ2n) is 6.97. The number of rotatable bonds is 4. The van der Waals surface area contributed by atoms with Gasteiger partial charge in [-0.2, -0.15) is 0 Å². The number of nitrogens with zero attached hydrogens (tertiary/aromatic N) is 2. The predicted octanol–water partition coefficient (Wildman–Crippen LogP) is 6.24. The molecule has 0 aliphatic heterocycles. The molecule has 0 bridgehead atoms. The van der Waals surface area contributed by atoms with Gasteiger partial charge in [0.05, 0.1) is 11.1 Å². The largest absolute Gasteiger partial charge is 0.506 e. The number of nitrogens with one attached hydrogen (secondary N) is 1. The summed E-state index contributed by atoms with van der Waals surface area (Å²) >= 11 is 1.60. The molecule has 2 aromatic heterocycles. The minimum absolute atomic E-state index is 0.199. The SMILES string of the molecule is Cc1ccc(O)c(Nc2ncnc3scc(-c4ccc(C(C)C)cc4)c23)c1. The number of phenols is 1. The Hall–Kier alpha value is -2.92. The Morgan fingerprint density at radius 3 is 2.56 bits per heavy atom. The summed E-state index contributed by atoms with van der Waals surface area (Å²) in [4.78, 5) is 9.79. The van der Waals surface area contributed by atoms with E-state index in [-0.39, 0.29) is 5.75 Å². The third kappa shape index (κ3) is 3.38. The fourth-order valence-corrected chi connectivity index (χ4v) is 4.02. The molecule has 0 spiro atoms. The van der Waals surface area contributed by atoms with Crippen molar-refractivity contribution in [3.05, 3.63) is 65.3 Å². The number of anilines is 2. The normalized spacial score (nSPS) is 11.3. The standard InChI is InChI=1S/C22H21N3OS/c1-13(2)15-5-7-16(8-6-15)17-11-27-22-20(17)21(23-12-24-22)25-18-10-14(3)4-9-19(18)26/h4-13,26H,1-3H3,(H,23,24,25). The molecule has 0 unspecified atom stereocenters. The van der Waals surface area contributed by atoms with E-state index in [0.29, 0.717) is 17.4 Å². The van der Waals surface area contributed by atoms with Gasteiger partial charge in [-0.05, 0) is 41.7 Å². The first-order valence-electron chi connectivity index (χ1n) is 8.92. The van der Waals surface area contributed by atoms with Crippen LogP contribution >= 0.6 is 11.3 Å². The summed E-state index contributed by atoms with van der Waals surface area (Å²) in [6, 6.07) is 14.1. The molecule has 0 radical (unpaired) electrons. The van der Waals surface area contributed by atoms with Gasteiger partial charge < -0.3 is 10.4 Å². The van der Waals surface area contributed by atoms with Gasteiger partial charge in [0.2, 0.25) is 0 Å². The van der Waals surface area contributed by atoms with Crippen molar-refractivity contribution in [3.8, 4) is 16.9 Å². The highest BCUT2D eigenvalue weighted by Gasteiger charge is 2.14. The lowest BCUT2D eigenvalue weighted by Gasteiger charge is -2.11. The number of hydrogen-bond donors (Lipinski definition) is 2. The molecule has 0 fully saturated rings. The van der Waals surface area contributed by atoms with E-state index >= 15 is 0 Å². The Morgan fingerprint density at radius 2 is 1.81 bits per heavy atom. The molecule has 0 atom stereocenters. The van der Waals surface area contributed by atoms with E-state index in [1.165, 1.54) is 5.56 Å². The van der Waals surface area contributed by atoms with Crippen LogP contribution in [0.1, 0.15) is 30.9 Å². The first-order valence-corrected chi connectivity index (χ1v) is 9.80. The van der Waals surface area contributed by atoms with Crippen molar-refractivity contribution in [1.29, 1.82) is 0 Å². The maximum Gasteiger partial charge on any atom is 0.143 e. The van der Waals surface area contributed by atoms with Crippen LogP contribution in [0, 0.1) is 6.92 Å². The second kappa shape index (κ2) is 7.00. The zero-order valence-corrected chi connectivity index (χ0v) is 16.3. The lowest BCUT2D eigenvalue weighted by atomic mass is 9.99. The van der Waals surface area contributed by atoms with Crippen LogP contribution in [0.4, 0.5) is 11.5 Å². The van der Waals surface area contributed by atoms with Gasteiger partial charge >= 0.3 is 0 Å². The highest BCUT2D eigenvalue weighted by atomic mass is 32.1. The second-order valence-corrected chi connectivity index (χ2v) is 7.83. The number of aromatic hydroxyl groups is 1. The summed E-state index contributed by atoms with van der Waals surface area (Å²) in [5.41, 5.74) is 5.26. The molecular formula is C22H21N3OS. The van der Waals surface area contributed by atoms with E-state index in [1.807, 2.05) is 19.1 Å². The first kappa shape index (κ1) is 17.5. The highest BCUT2D eigenvalue weighted by Crippen LogP contribution is 2.38. The average Bonchev–Trinajstić information content (AvgIpc) is 3.10. The topological polar surface area (TPSA) is 58.0 Å². The van der Waals surface area contributed by atoms with Gasteiger partial charge in [0.15, 0.2) is 0 Å². The van der Waals surface area contributed by atoms with Crippen molar-refractivity contribution >= 4 is 33.1 Å². The van der Waals surface area contributed by atoms with Gasteiger partial charge in [-0.25, -0.2) is 9.97 Å². The van der Waals surface area contributed by atoms with Crippen LogP contribution in [-0.2, 0) is 0 Å². The van der Waals surface area contributed by atoms with Crippen molar-refractivity contribution in [3.63, 3.8) is 0 Å². The summed E-state index contributed by atoms with van der Waals surface area (Å²) in [6.07, 6.45) is 1.56. The van der Waals surface area contributed by atoms with Crippen LogP contribution in [-0.4, -0.2) is 15.1 Å². The molecule has 0 saturated heterocycles. The Balaban J connectivity index is 1.81. The van der Waals surface area contributed by atoms with Crippen LogP contribution in [0.3, 0.4) is 0 Å². The van der Waals surface area contributed by atoms with Crippen molar-refractivity contribution < 1.29 is 5.11 Å². The maximum atomic E-state index is 10.2. The Morgan fingerprint density at radius 1 is 1.04 bits per heavy atom. The summed E-state index contributed by atoms with van der Waals surface area (Å²) in [5.74, 6) is 1.40. The van der Waals surface area contributed by atoms with Gasteiger partial charge in [-0.1, -0.05) is 44.2 Å². The lowest BCUT2D eigenvalue weighted by molar-refractivity contribution is 0.477. The average molecular weight is 375 g/mol. The molecule has 0 saturated carbocycles. The Kier molecular flexibility index (Phi) is 4.54. The number of fused-ring (bicyclic) bond motifs is 1. The fourth-order valence-electron chi connectivity index (χ4n) is 3.11. The molecule has 136 valence electrons. The maximum absolute atomic E-state index is 10.2. The zero-order chi connectivity index (χ0) is 19.0. The van der Waals surface area contributed by atoms with E-state index in [9.17, 15) is 5.11 Å². The number of benzene rings is 2. The Labute approximate surface area is 162 Å². The van der Waals surface area contributed by atoms with E-state index < -0.39 is 0 Å². The molecule has 0 amide bonds. The van der Waals surface area contributed by atoms with Gasteiger partial charge in [0.1, 0.15) is 22.7 Å². The van der Waals surface area contributed by atoms with Crippen molar-refractivity contribution in [2.45, 2.75) is 26.7 Å². The van der Waals surface area contributed by atoms with Crippen LogP contribution in [0.25, 0.3) is 21.3 Å². The third-order valence-electron chi connectivity index (χ3n) is 4.66. The number of aromatic nitrogens is 2. The molecule has 5 heteroatoms. The predicted molar refractivity (Wildman–Crippen MR) is 113 cm³/mol. The van der Waals surface area contributed by atoms with Crippen LogP contribution < -0.4 is 5.32 Å². The summed E-state index contributed by atoms with van der Waals surface area (Å²) in [6.45, 7) is 6.38. The molecular weight excluding hydrogens is 354 g/mol. The van der Waals surface area contributed by atoms with Gasteiger partial charge in [-0.15, -0.1) is 11.3 Å². The summed E-state index contributed by atoms with van der Waals surface area (Å²) in [5, 5.41) is 16.6. The zero-order valence-electron chi connectivity index (χ0n) is 15.5. The third-order valence-corrected chi connectivity index (χ3v) is 5.55. The van der Waals surface area contributed by atoms with Crippen LogP contribution in [0.5, 0.6) is 5.75 Å². The number of aryl methyl sites for hydroxylation is 1. The fraction of sp³-hybridized carbons (Fsp3) is 0.182.